The molecule has 0 atom stereocenters. The lowest BCUT2D eigenvalue weighted by molar-refractivity contribution is -0.115. The van der Waals surface area contributed by atoms with Crippen LogP contribution in [0.3, 0.4) is 0 Å². The molecule has 1 aliphatic heterocycles. The van der Waals surface area contributed by atoms with Crippen LogP contribution in [-0.4, -0.2) is 60.0 Å². The topological polar surface area (TPSA) is 86.9 Å². The van der Waals surface area contributed by atoms with E-state index in [1.165, 1.54) is 4.90 Å². The van der Waals surface area contributed by atoms with E-state index in [9.17, 15) is 14.7 Å². The zero-order valence-corrected chi connectivity index (χ0v) is 15.1. The zero-order valence-electron chi connectivity index (χ0n) is 13.5. The maximum Gasteiger partial charge on any atom is 0.337 e. The van der Waals surface area contributed by atoms with Gasteiger partial charge in [0.2, 0.25) is 6.41 Å². The molecular formula is C16H19BrN4O3. The Balaban J connectivity index is 0.000000368. The second kappa shape index (κ2) is 7.96. The van der Waals surface area contributed by atoms with Gasteiger partial charge >= 0.3 is 5.97 Å². The molecule has 0 saturated heterocycles. The molecule has 24 heavy (non-hydrogen) atoms. The van der Waals surface area contributed by atoms with Crippen LogP contribution in [0.15, 0.2) is 33.9 Å². The van der Waals surface area contributed by atoms with Gasteiger partial charge < -0.3 is 19.9 Å². The van der Waals surface area contributed by atoms with Gasteiger partial charge in [0.25, 0.3) is 0 Å². The molecule has 2 heterocycles. The number of carboxylic acid groups (broad SMARTS) is 1. The van der Waals surface area contributed by atoms with E-state index in [-0.39, 0.29) is 0 Å². The molecule has 1 amide bonds. The summed E-state index contributed by atoms with van der Waals surface area (Å²) in [7, 11) is 3.38. The van der Waals surface area contributed by atoms with Gasteiger partial charge in [-0.3, -0.25) is 9.79 Å². The molecule has 0 spiro atoms. The van der Waals surface area contributed by atoms with Crippen molar-refractivity contribution in [1.82, 2.24) is 14.8 Å². The second-order valence-electron chi connectivity index (χ2n) is 5.46. The van der Waals surface area contributed by atoms with Crippen molar-refractivity contribution in [2.75, 3.05) is 27.2 Å². The molecule has 1 aromatic carbocycles. The third-order valence-electron chi connectivity index (χ3n) is 3.35. The number of carbonyl (C=O) groups is 2. The Kier molecular flexibility index (Phi) is 5.97. The Bertz CT molecular complexity index is 783. The van der Waals surface area contributed by atoms with Crippen molar-refractivity contribution in [2.24, 2.45) is 4.99 Å². The molecule has 3 rings (SSSR count). The van der Waals surface area contributed by atoms with Gasteiger partial charge in [0, 0.05) is 42.2 Å². The van der Waals surface area contributed by atoms with E-state index in [2.05, 4.69) is 26.2 Å². The van der Waals surface area contributed by atoms with Crippen LogP contribution in [0, 0.1) is 0 Å². The molecular weight excluding hydrogens is 376 g/mol. The molecule has 8 heteroatoms. The third kappa shape index (κ3) is 4.35. The first-order valence-electron chi connectivity index (χ1n) is 7.33. The molecule has 0 radical (unpaired) electrons. The largest absolute Gasteiger partial charge is 0.478 e. The van der Waals surface area contributed by atoms with Gasteiger partial charge in [0.15, 0.2) is 0 Å². The van der Waals surface area contributed by atoms with Crippen molar-refractivity contribution < 1.29 is 14.7 Å². The lowest BCUT2D eigenvalue weighted by atomic mass is 10.2. The first kappa shape index (κ1) is 18.0. The van der Waals surface area contributed by atoms with Crippen molar-refractivity contribution in [3.8, 4) is 0 Å². The van der Waals surface area contributed by atoms with Gasteiger partial charge in [0.1, 0.15) is 5.84 Å². The minimum atomic E-state index is -0.914. The summed E-state index contributed by atoms with van der Waals surface area (Å²) in [4.78, 5) is 26.5. The summed E-state index contributed by atoms with van der Waals surface area (Å²) >= 11 is 3.37. The van der Waals surface area contributed by atoms with Gasteiger partial charge in [-0.2, -0.15) is 0 Å². The standard InChI is InChI=1S/C13H12BrN3O2.C3H7NO/c14-8-1-2-11-9(5-8)10(13(18)19)6-17(11)7-12-15-3-4-16-12;1-4(2)3-5/h1-2,5-6H,3-4,7H2,(H,15,16)(H,18,19);3H,1-2H3. The minimum Gasteiger partial charge on any atom is -0.478 e. The molecule has 2 aromatic rings. The molecule has 2 N–H and O–H groups in total. The monoisotopic (exact) mass is 394 g/mol. The Hall–Kier alpha value is -2.35. The number of fused-ring (bicyclic) bond motifs is 1. The number of nitrogens with one attached hydrogen (secondary N) is 1. The van der Waals surface area contributed by atoms with Crippen LogP contribution in [0.1, 0.15) is 10.4 Å². The summed E-state index contributed by atoms with van der Waals surface area (Å²) in [6.45, 7) is 2.21. The summed E-state index contributed by atoms with van der Waals surface area (Å²) in [6.07, 6.45) is 2.42. The van der Waals surface area contributed by atoms with Crippen LogP contribution in [0.25, 0.3) is 10.9 Å². The number of amidine groups is 1. The number of benzene rings is 1. The molecule has 0 unspecified atom stereocenters. The van der Waals surface area contributed by atoms with E-state index in [1.807, 2.05) is 22.8 Å². The number of hydrogen-bond donors (Lipinski definition) is 2. The normalized spacial score (nSPS) is 12.9. The predicted octanol–water partition coefficient (Wildman–Crippen LogP) is 1.81. The minimum absolute atomic E-state index is 0.315. The van der Waals surface area contributed by atoms with Gasteiger partial charge in [-0.05, 0) is 18.2 Å². The van der Waals surface area contributed by atoms with Gasteiger partial charge in [-0.15, -0.1) is 0 Å². The first-order valence-corrected chi connectivity index (χ1v) is 8.12. The average Bonchev–Trinajstić information content (AvgIpc) is 3.16. The average molecular weight is 395 g/mol. The molecule has 1 aliphatic rings. The maximum atomic E-state index is 11.3. The fourth-order valence-corrected chi connectivity index (χ4v) is 2.65. The quantitative estimate of drug-likeness (QED) is 0.774. The third-order valence-corrected chi connectivity index (χ3v) is 3.84. The van der Waals surface area contributed by atoms with E-state index in [4.69, 9.17) is 0 Å². The van der Waals surface area contributed by atoms with Crippen LogP contribution in [0.4, 0.5) is 0 Å². The SMILES string of the molecule is CN(C)C=O.O=C(O)c1cn(CC2=NCCN2)c2ccc(Br)cc12. The summed E-state index contributed by atoms with van der Waals surface area (Å²) in [5, 5.41) is 13.2. The van der Waals surface area contributed by atoms with Gasteiger partial charge in [-0.25, -0.2) is 4.79 Å². The van der Waals surface area contributed by atoms with E-state index < -0.39 is 5.97 Å². The number of rotatable bonds is 4. The summed E-state index contributed by atoms with van der Waals surface area (Å²) in [6, 6.07) is 5.66. The summed E-state index contributed by atoms with van der Waals surface area (Å²) in [5.41, 5.74) is 1.21. The van der Waals surface area contributed by atoms with Gasteiger partial charge in [-0.1, -0.05) is 15.9 Å². The Morgan fingerprint density at radius 3 is 2.75 bits per heavy atom. The highest BCUT2D eigenvalue weighted by Gasteiger charge is 2.16. The van der Waals surface area contributed by atoms with Crippen LogP contribution in [-0.2, 0) is 11.3 Å². The van der Waals surface area contributed by atoms with E-state index in [0.717, 1.165) is 40.7 Å². The molecule has 0 fully saturated rings. The number of aromatic nitrogens is 1. The Labute approximate surface area is 148 Å². The van der Waals surface area contributed by atoms with E-state index >= 15 is 0 Å². The lowest BCUT2D eigenvalue weighted by Crippen LogP contribution is -2.23. The fraction of sp³-hybridized carbons (Fsp3) is 0.312. The highest BCUT2D eigenvalue weighted by Crippen LogP contribution is 2.25. The van der Waals surface area contributed by atoms with Crippen molar-refractivity contribution in [3.05, 3.63) is 34.4 Å². The Morgan fingerprint density at radius 2 is 2.21 bits per heavy atom. The highest BCUT2D eigenvalue weighted by atomic mass is 79.9. The number of amides is 1. The molecule has 7 nitrogen and oxygen atoms in total. The molecule has 128 valence electrons. The van der Waals surface area contributed by atoms with Gasteiger partial charge in [0.05, 0.1) is 18.7 Å². The maximum absolute atomic E-state index is 11.3. The smallest absolute Gasteiger partial charge is 0.337 e. The van der Waals surface area contributed by atoms with Crippen LogP contribution >= 0.6 is 15.9 Å². The number of carbonyl (C=O) groups excluding carboxylic acids is 1. The van der Waals surface area contributed by atoms with Crippen LogP contribution in [0.5, 0.6) is 0 Å². The van der Waals surface area contributed by atoms with Crippen LogP contribution in [0.2, 0.25) is 0 Å². The van der Waals surface area contributed by atoms with Crippen molar-refractivity contribution >= 4 is 45.0 Å². The number of aliphatic imine (C=N–C) groups is 1. The fourth-order valence-electron chi connectivity index (χ4n) is 2.28. The van der Waals surface area contributed by atoms with Crippen LogP contribution < -0.4 is 5.32 Å². The number of hydrogen-bond acceptors (Lipinski definition) is 4. The lowest BCUT2D eigenvalue weighted by Gasteiger charge is -2.05. The second-order valence-corrected chi connectivity index (χ2v) is 6.38. The first-order chi connectivity index (χ1) is 11.4. The molecule has 0 bridgehead atoms. The van der Waals surface area contributed by atoms with Crippen molar-refractivity contribution in [1.29, 1.82) is 0 Å². The number of halogens is 1. The molecule has 0 aliphatic carbocycles. The number of carboxylic acids is 1. The van der Waals surface area contributed by atoms with Crippen molar-refractivity contribution in [2.45, 2.75) is 6.54 Å². The molecule has 0 saturated carbocycles. The predicted molar refractivity (Wildman–Crippen MR) is 96.7 cm³/mol. The van der Waals surface area contributed by atoms with E-state index in [1.54, 1.807) is 20.3 Å². The number of nitrogens with zero attached hydrogens (tertiary/aromatic N) is 3. The zero-order chi connectivity index (χ0) is 17.7. The highest BCUT2D eigenvalue weighted by molar-refractivity contribution is 9.10. The molecule has 1 aromatic heterocycles. The Morgan fingerprint density at radius 1 is 1.50 bits per heavy atom. The summed E-state index contributed by atoms with van der Waals surface area (Å²) in [5.74, 6) is -0.0140. The summed E-state index contributed by atoms with van der Waals surface area (Å²) < 4.78 is 2.79. The number of aromatic carboxylic acids is 1. The van der Waals surface area contributed by atoms with E-state index in [0.29, 0.717) is 12.1 Å². The van der Waals surface area contributed by atoms with Crippen molar-refractivity contribution in [3.63, 3.8) is 0 Å².